The first-order valence-corrected chi connectivity index (χ1v) is 15.8. The average molecular weight is 614 g/mol. The summed E-state index contributed by atoms with van der Waals surface area (Å²) in [4.78, 5) is 38.9. The molecule has 1 fully saturated rings. The molecule has 4 aromatic rings. The Morgan fingerprint density at radius 3 is 2.77 bits per heavy atom. The lowest BCUT2D eigenvalue weighted by Crippen LogP contribution is -2.39. The molecule has 1 aromatic carbocycles. The number of hydrogen-bond acceptors (Lipinski definition) is 8. The molecule has 0 spiro atoms. The first kappa shape index (κ1) is 31.2. The van der Waals surface area contributed by atoms with Crippen LogP contribution in [0.15, 0.2) is 59.0 Å². The van der Waals surface area contributed by atoms with Gasteiger partial charge < -0.3 is 19.2 Å². The molecule has 5 rings (SSSR count). The number of carbonyl (C=O) groups excluding carboxylic acids is 2. The SMILES string of the molecule is CC(C)CNCc1ccc2c(c1)nc(NC(=O)c1ccc(-c3cnco3)s1)n2CC1CCCN1C(=O)C(C#N)=CC(C)(C)C. The van der Waals surface area contributed by atoms with Gasteiger partial charge in [0.05, 0.1) is 33.0 Å². The van der Waals surface area contributed by atoms with Gasteiger partial charge in [-0.3, -0.25) is 14.9 Å². The van der Waals surface area contributed by atoms with Crippen LogP contribution in [0.2, 0.25) is 0 Å². The number of fused-ring (bicyclic) bond motifs is 1. The Labute approximate surface area is 261 Å². The summed E-state index contributed by atoms with van der Waals surface area (Å²) in [6, 6.07) is 11.7. The summed E-state index contributed by atoms with van der Waals surface area (Å²) in [6.45, 7) is 12.9. The molecule has 11 heteroatoms. The number of hydrogen-bond donors (Lipinski definition) is 2. The number of anilines is 1. The number of nitrogens with zero attached hydrogens (tertiary/aromatic N) is 5. The zero-order valence-electron chi connectivity index (χ0n) is 25.9. The highest BCUT2D eigenvalue weighted by Gasteiger charge is 2.32. The molecule has 0 aliphatic carbocycles. The minimum atomic E-state index is -0.301. The zero-order chi connectivity index (χ0) is 31.4. The van der Waals surface area contributed by atoms with E-state index < -0.39 is 0 Å². The van der Waals surface area contributed by atoms with E-state index in [1.54, 1.807) is 23.2 Å². The molecule has 3 aromatic heterocycles. The van der Waals surface area contributed by atoms with Crippen LogP contribution < -0.4 is 10.6 Å². The third-order valence-electron chi connectivity index (χ3n) is 7.38. The number of likely N-dealkylation sites (tertiary alicyclic amines) is 1. The largest absolute Gasteiger partial charge is 0.443 e. The van der Waals surface area contributed by atoms with Gasteiger partial charge in [-0.2, -0.15) is 5.26 Å². The number of aromatic nitrogens is 3. The average Bonchev–Trinajstić information content (AvgIpc) is 3.78. The van der Waals surface area contributed by atoms with Crippen molar-refractivity contribution < 1.29 is 14.0 Å². The van der Waals surface area contributed by atoms with Gasteiger partial charge in [-0.25, -0.2) is 9.97 Å². The molecule has 0 bridgehead atoms. The van der Waals surface area contributed by atoms with Crippen molar-refractivity contribution in [3.63, 3.8) is 0 Å². The molecule has 1 atom stereocenters. The summed E-state index contributed by atoms with van der Waals surface area (Å²) >= 11 is 1.31. The molecule has 230 valence electrons. The van der Waals surface area contributed by atoms with Crippen molar-refractivity contribution in [2.75, 3.05) is 18.4 Å². The minimum absolute atomic E-state index is 0.153. The maximum atomic E-state index is 13.5. The van der Waals surface area contributed by atoms with Crippen LogP contribution in [-0.4, -0.2) is 50.4 Å². The van der Waals surface area contributed by atoms with Crippen LogP contribution in [0.5, 0.6) is 0 Å². The van der Waals surface area contributed by atoms with Crippen LogP contribution >= 0.6 is 11.3 Å². The second-order valence-corrected chi connectivity index (χ2v) is 13.8. The van der Waals surface area contributed by atoms with E-state index in [2.05, 4.69) is 41.6 Å². The van der Waals surface area contributed by atoms with Gasteiger partial charge in [-0.1, -0.05) is 46.8 Å². The highest BCUT2D eigenvalue weighted by Crippen LogP contribution is 2.30. The first-order chi connectivity index (χ1) is 21.0. The van der Waals surface area contributed by atoms with Crippen molar-refractivity contribution in [2.45, 2.75) is 66.6 Å². The molecular formula is C33H39N7O3S. The van der Waals surface area contributed by atoms with Crippen LogP contribution in [-0.2, 0) is 17.9 Å². The van der Waals surface area contributed by atoms with Crippen LogP contribution in [0, 0.1) is 22.7 Å². The molecular weight excluding hydrogens is 574 g/mol. The van der Waals surface area contributed by atoms with Crippen LogP contribution in [0.25, 0.3) is 21.7 Å². The highest BCUT2D eigenvalue weighted by molar-refractivity contribution is 7.17. The van der Waals surface area contributed by atoms with Crippen LogP contribution in [0.4, 0.5) is 5.95 Å². The Hall–Kier alpha value is -4.27. The van der Waals surface area contributed by atoms with E-state index in [9.17, 15) is 14.9 Å². The summed E-state index contributed by atoms with van der Waals surface area (Å²) in [7, 11) is 0. The van der Waals surface area contributed by atoms with Crippen molar-refractivity contribution in [2.24, 2.45) is 11.3 Å². The Bertz CT molecular complexity index is 1700. The molecule has 2 N–H and O–H groups in total. The van der Waals surface area contributed by atoms with Crippen molar-refractivity contribution in [1.82, 2.24) is 24.8 Å². The van der Waals surface area contributed by atoms with E-state index in [1.165, 1.54) is 17.7 Å². The third kappa shape index (κ3) is 7.26. The highest BCUT2D eigenvalue weighted by atomic mass is 32.1. The molecule has 0 radical (unpaired) electrons. The van der Waals surface area contributed by atoms with Crippen LogP contribution in [0.1, 0.15) is 62.7 Å². The van der Waals surface area contributed by atoms with Crippen molar-refractivity contribution in [3.05, 3.63) is 65.0 Å². The predicted molar refractivity (Wildman–Crippen MR) is 172 cm³/mol. The molecule has 4 heterocycles. The summed E-state index contributed by atoms with van der Waals surface area (Å²) in [5.41, 5.74) is 2.59. The summed E-state index contributed by atoms with van der Waals surface area (Å²) in [5.74, 6) is 1.02. The molecule has 0 saturated carbocycles. The number of carbonyl (C=O) groups is 2. The summed E-state index contributed by atoms with van der Waals surface area (Å²) in [5, 5.41) is 16.3. The van der Waals surface area contributed by atoms with E-state index >= 15 is 0 Å². The minimum Gasteiger partial charge on any atom is -0.443 e. The smallest absolute Gasteiger partial charge is 0.268 e. The number of allylic oxidation sites excluding steroid dienone is 1. The number of nitriles is 1. The number of imidazole rings is 1. The van der Waals surface area contributed by atoms with Crippen molar-refractivity contribution in [1.29, 1.82) is 5.26 Å². The number of nitrogens with one attached hydrogen (secondary N) is 2. The monoisotopic (exact) mass is 613 g/mol. The number of rotatable bonds is 10. The normalized spacial score (nSPS) is 15.7. The van der Waals surface area contributed by atoms with Gasteiger partial charge in [0.2, 0.25) is 5.95 Å². The standard InChI is InChI=1S/C33H39N7O3S/c1-21(2)16-35-17-22-8-9-26-25(13-22)37-32(38-30(41)29-11-10-28(44-29)27-18-36-20-43-27)40(26)19-24-7-6-12-39(24)31(42)23(15-34)14-33(3,4)5/h8-11,13-14,18,20-21,24,35H,6-7,12,16-17,19H2,1-5H3,(H,37,38,41). The first-order valence-electron chi connectivity index (χ1n) is 15.0. The van der Waals surface area contributed by atoms with Gasteiger partial charge in [0.15, 0.2) is 12.2 Å². The number of oxazole rings is 1. The molecule has 2 amide bonds. The van der Waals surface area contributed by atoms with Gasteiger partial charge in [-0.05, 0) is 60.5 Å². The molecule has 1 aliphatic rings. The number of amides is 2. The maximum Gasteiger partial charge on any atom is 0.268 e. The fourth-order valence-electron chi connectivity index (χ4n) is 5.40. The Morgan fingerprint density at radius 2 is 2.07 bits per heavy atom. The van der Waals surface area contributed by atoms with Gasteiger partial charge in [-0.15, -0.1) is 11.3 Å². The van der Waals surface area contributed by atoms with Crippen LogP contribution in [0.3, 0.4) is 0 Å². The van der Waals surface area contributed by atoms with E-state index in [0.717, 1.165) is 40.9 Å². The fraction of sp³-hybridized carbons (Fsp3) is 0.424. The molecule has 1 saturated heterocycles. The summed E-state index contributed by atoms with van der Waals surface area (Å²) in [6.07, 6.45) is 6.34. The molecule has 44 heavy (non-hydrogen) atoms. The third-order valence-corrected chi connectivity index (χ3v) is 8.48. The van der Waals surface area contributed by atoms with Gasteiger partial charge in [0.25, 0.3) is 11.8 Å². The topological polar surface area (TPSA) is 129 Å². The molecule has 10 nitrogen and oxygen atoms in total. The van der Waals surface area contributed by atoms with Crippen molar-refractivity contribution in [3.8, 4) is 16.7 Å². The van der Waals surface area contributed by atoms with E-state index in [4.69, 9.17) is 9.40 Å². The van der Waals surface area contributed by atoms with E-state index in [-0.39, 0.29) is 28.8 Å². The lowest BCUT2D eigenvalue weighted by Gasteiger charge is -2.26. The van der Waals surface area contributed by atoms with E-state index in [0.29, 0.717) is 42.1 Å². The van der Waals surface area contributed by atoms with E-state index in [1.807, 2.05) is 43.5 Å². The second kappa shape index (κ2) is 13.2. The zero-order valence-corrected chi connectivity index (χ0v) is 26.7. The molecule has 1 unspecified atom stereocenters. The molecule has 1 aliphatic heterocycles. The van der Waals surface area contributed by atoms with Gasteiger partial charge in [0.1, 0.15) is 11.6 Å². The number of benzene rings is 1. The van der Waals surface area contributed by atoms with Gasteiger partial charge in [0, 0.05) is 19.6 Å². The quantitative estimate of drug-likeness (QED) is 0.160. The van der Waals surface area contributed by atoms with Crippen molar-refractivity contribution >= 4 is 40.1 Å². The number of thiophene rings is 1. The Kier molecular flexibility index (Phi) is 9.32. The lowest BCUT2D eigenvalue weighted by molar-refractivity contribution is -0.127. The second-order valence-electron chi connectivity index (χ2n) is 12.7. The lowest BCUT2D eigenvalue weighted by atomic mass is 9.93. The van der Waals surface area contributed by atoms with Gasteiger partial charge >= 0.3 is 0 Å². The Balaban J connectivity index is 1.45. The summed E-state index contributed by atoms with van der Waals surface area (Å²) < 4.78 is 7.37. The Morgan fingerprint density at radius 1 is 1.25 bits per heavy atom. The maximum absolute atomic E-state index is 13.5. The fourth-order valence-corrected chi connectivity index (χ4v) is 6.25. The predicted octanol–water partition coefficient (Wildman–Crippen LogP) is 6.24.